The highest BCUT2D eigenvalue weighted by Gasteiger charge is 2.76. The fraction of sp³-hybridized carbons (Fsp3) is 1.00. The largest absolute Gasteiger partial charge is 0.394 e. The van der Waals surface area contributed by atoms with E-state index in [1.807, 2.05) is 0 Å². The van der Waals surface area contributed by atoms with Crippen molar-refractivity contribution in [3.63, 3.8) is 0 Å². The normalized spacial score (nSPS) is 46.2. The summed E-state index contributed by atoms with van der Waals surface area (Å²) in [6.45, 7) is -3.66. The lowest BCUT2D eigenvalue weighted by molar-refractivity contribution is -0.543. The minimum atomic E-state index is -4.85. The standard InChI is InChI=1S/C21H41N3O20/c22-6-9(28)12(4(1-25)40-15(6)32)42-16-7(23)10(29)13(5(2-26)41-16)43-17-8(24)11(30)14(31)18(3-27,44-17)19(33,34)20(35,36)21(37,38)39/h4-17,25-39H,1-3,22-24H2/t4-,5-,6-,7-,8-,9-,10-,11-,12?,13?,14+,15-,16+,17+,18-/m1/s1. The van der Waals surface area contributed by atoms with E-state index in [9.17, 15) is 76.6 Å². The first-order chi connectivity index (χ1) is 20.1. The van der Waals surface area contributed by atoms with Crippen LogP contribution in [0.4, 0.5) is 0 Å². The molecule has 3 heterocycles. The second kappa shape index (κ2) is 13.3. The Hall–Kier alpha value is -0.920. The van der Waals surface area contributed by atoms with Gasteiger partial charge in [-0.25, -0.2) is 0 Å². The maximum atomic E-state index is 11.0. The molecule has 3 aliphatic heterocycles. The van der Waals surface area contributed by atoms with Crippen molar-refractivity contribution < 1.29 is 100 Å². The molecular weight excluding hydrogens is 614 g/mol. The van der Waals surface area contributed by atoms with Gasteiger partial charge in [0.25, 0.3) is 5.79 Å². The molecule has 0 radical (unpaired) electrons. The number of aliphatic hydroxyl groups is 15. The lowest BCUT2D eigenvalue weighted by Crippen LogP contribution is -2.84. The Morgan fingerprint density at radius 1 is 0.636 bits per heavy atom. The van der Waals surface area contributed by atoms with Crippen molar-refractivity contribution in [1.29, 1.82) is 0 Å². The van der Waals surface area contributed by atoms with Crippen LogP contribution in [-0.2, 0) is 23.7 Å². The van der Waals surface area contributed by atoms with Crippen LogP contribution in [0.2, 0.25) is 0 Å². The van der Waals surface area contributed by atoms with Crippen molar-refractivity contribution in [3.8, 4) is 0 Å². The fourth-order valence-electron chi connectivity index (χ4n) is 5.14. The summed E-state index contributed by atoms with van der Waals surface area (Å²) < 4.78 is 26.9. The molecule has 0 amide bonds. The average molecular weight is 656 g/mol. The second-order valence-electron chi connectivity index (χ2n) is 10.8. The highest BCUT2D eigenvalue weighted by molar-refractivity contribution is 5.13. The third-order valence-corrected chi connectivity index (χ3v) is 8.02. The monoisotopic (exact) mass is 655 g/mol. The van der Waals surface area contributed by atoms with Gasteiger partial charge in [0.15, 0.2) is 24.5 Å². The van der Waals surface area contributed by atoms with Gasteiger partial charge in [-0.2, -0.15) is 0 Å². The third kappa shape index (κ3) is 6.09. The molecule has 3 aliphatic rings. The smallest absolute Gasteiger partial charge is 0.338 e. The van der Waals surface area contributed by atoms with E-state index in [-0.39, 0.29) is 0 Å². The zero-order valence-electron chi connectivity index (χ0n) is 22.7. The van der Waals surface area contributed by atoms with Crippen molar-refractivity contribution in [2.24, 2.45) is 17.2 Å². The predicted molar refractivity (Wildman–Crippen MR) is 130 cm³/mol. The zero-order chi connectivity index (χ0) is 33.7. The summed E-state index contributed by atoms with van der Waals surface area (Å²) in [6.07, 6.45) is -20.9. The molecule has 3 fully saturated rings. The van der Waals surface area contributed by atoms with Gasteiger partial charge in [0.05, 0.1) is 37.9 Å². The van der Waals surface area contributed by atoms with Crippen LogP contribution in [0, 0.1) is 0 Å². The molecule has 3 rings (SSSR count). The summed E-state index contributed by atoms with van der Waals surface area (Å²) in [4.78, 5) is 0. The fourth-order valence-corrected chi connectivity index (χ4v) is 5.14. The van der Waals surface area contributed by atoms with E-state index in [1.165, 1.54) is 0 Å². The Bertz CT molecular complexity index is 954. The molecule has 44 heavy (non-hydrogen) atoms. The summed E-state index contributed by atoms with van der Waals surface area (Å²) in [5.74, 6) is -14.3. The minimum Gasteiger partial charge on any atom is -0.394 e. The van der Waals surface area contributed by atoms with Crippen molar-refractivity contribution in [1.82, 2.24) is 0 Å². The molecule has 23 heteroatoms. The average Bonchev–Trinajstić information content (AvgIpc) is 2.95. The second-order valence-corrected chi connectivity index (χ2v) is 10.8. The first-order valence-corrected chi connectivity index (χ1v) is 13.0. The molecule has 0 aromatic heterocycles. The van der Waals surface area contributed by atoms with Crippen molar-refractivity contribution in [3.05, 3.63) is 0 Å². The van der Waals surface area contributed by atoms with Crippen molar-refractivity contribution in [2.45, 2.75) is 109 Å². The molecule has 2 unspecified atom stereocenters. The molecule has 23 nitrogen and oxygen atoms in total. The van der Waals surface area contributed by atoms with Gasteiger partial charge in [0, 0.05) is 0 Å². The molecule has 15 atom stereocenters. The van der Waals surface area contributed by atoms with Crippen molar-refractivity contribution >= 4 is 0 Å². The molecule has 0 aromatic carbocycles. The number of nitrogens with two attached hydrogens (primary N) is 3. The summed E-state index contributed by atoms with van der Waals surface area (Å²) in [7, 11) is 0. The van der Waals surface area contributed by atoms with Crippen LogP contribution in [0.15, 0.2) is 0 Å². The van der Waals surface area contributed by atoms with E-state index in [1.54, 1.807) is 0 Å². The molecule has 3 saturated heterocycles. The Morgan fingerprint density at radius 2 is 1.09 bits per heavy atom. The van der Waals surface area contributed by atoms with E-state index in [0.717, 1.165) is 0 Å². The number of rotatable bonds is 10. The quantitative estimate of drug-likeness (QED) is 0.0971. The maximum absolute atomic E-state index is 11.0. The van der Waals surface area contributed by atoms with Crippen LogP contribution in [0.3, 0.4) is 0 Å². The SMILES string of the molecule is N[C@H]1[C@@H](OC2[C@@H](CO)O[C@@H](OC3[C@@H](CO)O[C@@H](O)[C@H](N)[C@H]3O)[C@H](N)[C@H]2O)O[C@@](CO)(C(O)(O)C(O)(O)C(O)(O)O)[C@@H](O)[C@@H]1O. The van der Waals surface area contributed by atoms with Crippen LogP contribution in [0.5, 0.6) is 0 Å². The molecule has 260 valence electrons. The van der Waals surface area contributed by atoms with Gasteiger partial charge in [-0.1, -0.05) is 0 Å². The molecule has 0 bridgehead atoms. The lowest BCUT2D eigenvalue weighted by Gasteiger charge is -2.56. The topological polar surface area (TPSA) is 428 Å². The Morgan fingerprint density at radius 3 is 1.57 bits per heavy atom. The first kappa shape index (κ1) is 37.5. The summed E-state index contributed by atoms with van der Waals surface area (Å²) in [5, 5.41) is 151. The Labute approximate surface area is 247 Å². The van der Waals surface area contributed by atoms with Gasteiger partial charge < -0.3 is 117 Å². The summed E-state index contributed by atoms with van der Waals surface area (Å²) in [6, 6.07) is -4.99. The Kier molecular flexibility index (Phi) is 11.3. The van der Waals surface area contributed by atoms with Gasteiger partial charge >= 0.3 is 11.8 Å². The first-order valence-electron chi connectivity index (χ1n) is 13.0. The van der Waals surface area contributed by atoms with Gasteiger partial charge in [0.2, 0.25) is 0 Å². The number of aliphatic hydroxyl groups excluding tert-OH is 8. The molecule has 0 aliphatic carbocycles. The summed E-state index contributed by atoms with van der Waals surface area (Å²) >= 11 is 0. The number of hydrogen-bond donors (Lipinski definition) is 18. The van der Waals surface area contributed by atoms with E-state index >= 15 is 0 Å². The summed E-state index contributed by atoms with van der Waals surface area (Å²) in [5.41, 5.74) is 13.8. The molecule has 0 spiro atoms. The zero-order valence-corrected chi connectivity index (χ0v) is 22.7. The van der Waals surface area contributed by atoms with Crippen LogP contribution < -0.4 is 17.2 Å². The van der Waals surface area contributed by atoms with Gasteiger partial charge in [-0.3, -0.25) is 0 Å². The third-order valence-electron chi connectivity index (χ3n) is 8.02. The number of ether oxygens (including phenoxy) is 5. The van der Waals surface area contributed by atoms with Gasteiger partial charge in [-0.05, 0) is 0 Å². The van der Waals surface area contributed by atoms with Crippen LogP contribution >= 0.6 is 0 Å². The number of hydrogen-bond acceptors (Lipinski definition) is 23. The van der Waals surface area contributed by atoms with Gasteiger partial charge in [0.1, 0.15) is 48.8 Å². The maximum Gasteiger partial charge on any atom is 0.338 e. The highest BCUT2D eigenvalue weighted by atomic mass is 16.8. The van der Waals surface area contributed by atoms with Crippen LogP contribution in [0.1, 0.15) is 0 Å². The van der Waals surface area contributed by atoms with E-state index in [0.29, 0.717) is 0 Å². The van der Waals surface area contributed by atoms with Crippen molar-refractivity contribution in [2.75, 3.05) is 19.8 Å². The highest BCUT2D eigenvalue weighted by Crippen LogP contribution is 2.44. The molecule has 21 N–H and O–H groups in total. The van der Waals surface area contributed by atoms with Gasteiger partial charge in [-0.15, -0.1) is 0 Å². The van der Waals surface area contributed by atoms with E-state index in [2.05, 4.69) is 0 Å². The molecule has 0 aromatic rings. The lowest BCUT2D eigenvalue weighted by atomic mass is 9.76. The predicted octanol–water partition coefficient (Wildman–Crippen LogP) is -12.3. The van der Waals surface area contributed by atoms with Crippen LogP contribution in [0.25, 0.3) is 0 Å². The minimum absolute atomic E-state index is 0.785. The Balaban J connectivity index is 1.89. The van der Waals surface area contributed by atoms with E-state index < -0.39 is 129 Å². The van der Waals surface area contributed by atoms with E-state index in [4.69, 9.17) is 40.9 Å². The molecule has 0 saturated carbocycles. The van der Waals surface area contributed by atoms with Crippen LogP contribution in [-0.4, -0.2) is 205 Å². The molecular formula is C21H41N3O20.